The molecule has 1 amide bonds. The van der Waals surface area contributed by atoms with E-state index in [-0.39, 0.29) is 11.9 Å². The number of amides is 1. The number of hydrogen-bond acceptors (Lipinski definition) is 5. The lowest BCUT2D eigenvalue weighted by Gasteiger charge is -2.25. The Morgan fingerprint density at radius 2 is 1.93 bits per heavy atom. The van der Waals surface area contributed by atoms with Crippen molar-refractivity contribution in [3.63, 3.8) is 0 Å². The van der Waals surface area contributed by atoms with Gasteiger partial charge in [0.25, 0.3) is 5.91 Å². The molecular formula is C21H23N5O. The number of carbonyl (C=O) groups excluding carboxylic acids is 1. The highest BCUT2D eigenvalue weighted by Crippen LogP contribution is 2.19. The summed E-state index contributed by atoms with van der Waals surface area (Å²) in [7, 11) is 1.82. The molecule has 0 radical (unpaired) electrons. The first kappa shape index (κ1) is 18.5. The summed E-state index contributed by atoms with van der Waals surface area (Å²) in [5.41, 5.74) is 10.0. The molecule has 2 N–H and O–H groups in total. The monoisotopic (exact) mass is 361 g/mol. The second kappa shape index (κ2) is 7.95. The van der Waals surface area contributed by atoms with E-state index in [1.165, 1.54) is 11.8 Å². The number of nitrogens with two attached hydrogens (primary N) is 1. The number of hydrogen-bond donors (Lipinski definition) is 1. The van der Waals surface area contributed by atoms with Crippen molar-refractivity contribution >= 4 is 11.7 Å². The number of likely N-dealkylation sites (N-methyl/N-ethyl adjacent to an activating group) is 1. The van der Waals surface area contributed by atoms with Crippen molar-refractivity contribution in [2.45, 2.75) is 26.3 Å². The number of pyridine rings is 1. The molecule has 0 aliphatic heterocycles. The number of carbonyl (C=O) groups is 1. The first-order valence-corrected chi connectivity index (χ1v) is 8.80. The minimum absolute atomic E-state index is 0.0274. The zero-order valence-electron chi connectivity index (χ0n) is 15.8. The summed E-state index contributed by atoms with van der Waals surface area (Å²) in [6.45, 7) is 4.07. The van der Waals surface area contributed by atoms with Crippen molar-refractivity contribution < 1.29 is 4.79 Å². The van der Waals surface area contributed by atoms with Crippen molar-refractivity contribution in [3.8, 4) is 11.3 Å². The normalized spacial score (nSPS) is 11.8. The summed E-state index contributed by atoms with van der Waals surface area (Å²) < 4.78 is 0. The molecule has 27 heavy (non-hydrogen) atoms. The van der Waals surface area contributed by atoms with Gasteiger partial charge in [-0.2, -0.15) is 0 Å². The topological polar surface area (TPSA) is 85.0 Å². The molecule has 1 aromatic carbocycles. The van der Waals surface area contributed by atoms with Crippen molar-refractivity contribution in [2.75, 3.05) is 12.8 Å². The molecule has 2 aromatic heterocycles. The Balaban J connectivity index is 1.71. The van der Waals surface area contributed by atoms with Gasteiger partial charge < -0.3 is 10.6 Å². The van der Waals surface area contributed by atoms with Crippen LogP contribution in [-0.4, -0.2) is 38.8 Å². The van der Waals surface area contributed by atoms with Gasteiger partial charge in [0.05, 0.1) is 18.1 Å². The molecule has 0 spiro atoms. The molecule has 0 aliphatic carbocycles. The van der Waals surface area contributed by atoms with E-state index in [9.17, 15) is 4.79 Å². The quantitative estimate of drug-likeness (QED) is 0.755. The molecule has 138 valence electrons. The largest absolute Gasteiger partial charge is 0.382 e. The van der Waals surface area contributed by atoms with Crippen molar-refractivity contribution in [1.29, 1.82) is 0 Å². The average Bonchev–Trinajstić information content (AvgIpc) is 2.67. The van der Waals surface area contributed by atoms with Crippen LogP contribution >= 0.6 is 0 Å². The Morgan fingerprint density at radius 1 is 1.19 bits per heavy atom. The average molecular weight is 361 g/mol. The number of nitrogen functional groups attached to an aromatic ring is 1. The fourth-order valence-corrected chi connectivity index (χ4v) is 2.86. The second-order valence-electron chi connectivity index (χ2n) is 6.70. The highest BCUT2D eigenvalue weighted by atomic mass is 16.2. The molecular weight excluding hydrogens is 338 g/mol. The van der Waals surface area contributed by atoms with Crippen LogP contribution < -0.4 is 5.73 Å². The highest BCUT2D eigenvalue weighted by molar-refractivity contribution is 5.94. The molecule has 2 heterocycles. The first-order valence-electron chi connectivity index (χ1n) is 8.80. The standard InChI is InChI=1S/C21H23N5O/c1-14-8-9-24-18(10-14)11-15(2)26(3)21(27)17-6-4-16(5-7-17)19-12-23-13-20(22)25-19/h4-10,12-13,15H,11H2,1-3H3,(H2,22,25). The molecule has 1 atom stereocenters. The Labute approximate surface area is 159 Å². The van der Waals surface area contributed by atoms with Crippen LogP contribution in [0.15, 0.2) is 55.0 Å². The molecule has 0 bridgehead atoms. The third-order valence-electron chi connectivity index (χ3n) is 4.54. The fourth-order valence-electron chi connectivity index (χ4n) is 2.86. The molecule has 0 saturated carbocycles. The summed E-state index contributed by atoms with van der Waals surface area (Å²) in [4.78, 5) is 27.2. The predicted octanol–water partition coefficient (Wildman–Crippen LogP) is 3.13. The number of aryl methyl sites for hydroxylation is 1. The molecule has 0 fully saturated rings. The van der Waals surface area contributed by atoms with Crippen LogP contribution in [0.5, 0.6) is 0 Å². The maximum atomic E-state index is 12.8. The molecule has 6 nitrogen and oxygen atoms in total. The summed E-state index contributed by atoms with van der Waals surface area (Å²) in [5.74, 6) is 0.339. The zero-order chi connectivity index (χ0) is 19.4. The van der Waals surface area contributed by atoms with Gasteiger partial charge in [0.15, 0.2) is 0 Å². The SMILES string of the molecule is Cc1ccnc(CC(C)N(C)C(=O)c2ccc(-c3cncc(N)n3)cc2)c1. The molecule has 0 aliphatic rings. The fraction of sp³-hybridized carbons (Fsp3) is 0.238. The zero-order valence-corrected chi connectivity index (χ0v) is 15.8. The van der Waals surface area contributed by atoms with E-state index >= 15 is 0 Å². The Bertz CT molecular complexity index is 939. The molecule has 3 aromatic rings. The maximum Gasteiger partial charge on any atom is 0.253 e. The van der Waals surface area contributed by atoms with E-state index in [4.69, 9.17) is 5.73 Å². The molecule has 6 heteroatoms. The van der Waals surface area contributed by atoms with Crippen LogP contribution in [0.1, 0.15) is 28.5 Å². The van der Waals surface area contributed by atoms with Gasteiger partial charge in [-0.25, -0.2) is 4.98 Å². The summed E-state index contributed by atoms with van der Waals surface area (Å²) in [5, 5.41) is 0. The first-order chi connectivity index (χ1) is 12.9. The minimum atomic E-state index is -0.0274. The van der Waals surface area contributed by atoms with E-state index in [2.05, 4.69) is 21.0 Å². The Hall–Kier alpha value is -3.28. The van der Waals surface area contributed by atoms with Gasteiger partial charge >= 0.3 is 0 Å². The number of aromatic nitrogens is 3. The third-order valence-corrected chi connectivity index (χ3v) is 4.54. The van der Waals surface area contributed by atoms with Crippen LogP contribution in [0.4, 0.5) is 5.82 Å². The van der Waals surface area contributed by atoms with Crippen molar-refractivity contribution in [2.24, 2.45) is 0 Å². The van der Waals surface area contributed by atoms with Gasteiger partial charge in [-0.15, -0.1) is 0 Å². The summed E-state index contributed by atoms with van der Waals surface area (Å²) in [6, 6.07) is 11.4. The third kappa shape index (κ3) is 4.47. The van der Waals surface area contributed by atoms with Crippen molar-refractivity contribution in [3.05, 3.63) is 71.8 Å². The molecule has 0 saturated heterocycles. The Morgan fingerprint density at radius 3 is 2.59 bits per heavy atom. The maximum absolute atomic E-state index is 12.8. The van der Waals surface area contributed by atoms with Crippen LogP contribution in [0, 0.1) is 6.92 Å². The van der Waals surface area contributed by atoms with Gasteiger partial charge in [0.1, 0.15) is 5.82 Å². The minimum Gasteiger partial charge on any atom is -0.382 e. The van der Waals surface area contributed by atoms with Gasteiger partial charge in [-0.3, -0.25) is 14.8 Å². The van der Waals surface area contributed by atoms with E-state index in [1.807, 2.05) is 39.1 Å². The molecule has 1 unspecified atom stereocenters. The lowest BCUT2D eigenvalue weighted by molar-refractivity contribution is 0.0743. The number of anilines is 1. The van der Waals surface area contributed by atoms with Gasteiger partial charge in [-0.05, 0) is 43.7 Å². The van der Waals surface area contributed by atoms with E-state index < -0.39 is 0 Å². The smallest absolute Gasteiger partial charge is 0.253 e. The van der Waals surface area contributed by atoms with Crippen molar-refractivity contribution in [1.82, 2.24) is 19.9 Å². The van der Waals surface area contributed by atoms with E-state index in [1.54, 1.807) is 29.4 Å². The van der Waals surface area contributed by atoms with Gasteiger partial charge in [-0.1, -0.05) is 12.1 Å². The van der Waals surface area contributed by atoms with E-state index in [0.29, 0.717) is 23.5 Å². The van der Waals surface area contributed by atoms with Crippen LogP contribution in [0.25, 0.3) is 11.3 Å². The second-order valence-corrected chi connectivity index (χ2v) is 6.70. The number of nitrogens with zero attached hydrogens (tertiary/aromatic N) is 4. The van der Waals surface area contributed by atoms with Crippen LogP contribution in [0.3, 0.4) is 0 Å². The van der Waals surface area contributed by atoms with Crippen LogP contribution in [0.2, 0.25) is 0 Å². The van der Waals surface area contributed by atoms with Gasteiger partial charge in [0, 0.05) is 42.5 Å². The lowest BCUT2D eigenvalue weighted by atomic mass is 10.1. The number of rotatable bonds is 5. The molecule has 3 rings (SSSR count). The Kier molecular flexibility index (Phi) is 5.45. The summed E-state index contributed by atoms with van der Waals surface area (Å²) in [6.07, 6.45) is 5.66. The van der Waals surface area contributed by atoms with Gasteiger partial charge in [0.2, 0.25) is 0 Å². The predicted molar refractivity (Wildman–Crippen MR) is 106 cm³/mol. The van der Waals surface area contributed by atoms with E-state index in [0.717, 1.165) is 11.3 Å². The highest BCUT2D eigenvalue weighted by Gasteiger charge is 2.18. The van der Waals surface area contributed by atoms with Crippen LogP contribution in [-0.2, 0) is 6.42 Å². The lowest BCUT2D eigenvalue weighted by Crippen LogP contribution is -2.36. The number of benzene rings is 1. The summed E-state index contributed by atoms with van der Waals surface area (Å²) >= 11 is 0.